The highest BCUT2D eigenvalue weighted by Crippen LogP contribution is 2.49. The summed E-state index contributed by atoms with van der Waals surface area (Å²) in [6.07, 6.45) is 1.71. The van der Waals surface area contributed by atoms with Gasteiger partial charge in [0.2, 0.25) is 0 Å². The summed E-state index contributed by atoms with van der Waals surface area (Å²) in [5.41, 5.74) is 11.3. The summed E-state index contributed by atoms with van der Waals surface area (Å²) in [7, 11) is 0. The molecule has 0 N–H and O–H groups in total. The molecule has 0 unspecified atom stereocenters. The minimum absolute atomic E-state index is 0.475. The Hall–Kier alpha value is -7.49. The van der Waals surface area contributed by atoms with E-state index in [0.29, 0.717) is 23.1 Å². The van der Waals surface area contributed by atoms with Crippen molar-refractivity contribution < 1.29 is 9.47 Å². The average Bonchev–Trinajstić information content (AvgIpc) is 3.28. The van der Waals surface area contributed by atoms with E-state index in [1.807, 2.05) is 24.3 Å². The summed E-state index contributed by atoms with van der Waals surface area (Å²) >= 11 is 0. The van der Waals surface area contributed by atoms with Crippen LogP contribution in [-0.4, -0.2) is 4.98 Å². The molecule has 9 aromatic carbocycles. The number of rotatable bonds is 5. The van der Waals surface area contributed by atoms with Gasteiger partial charge in [0.15, 0.2) is 17.2 Å². The van der Waals surface area contributed by atoms with E-state index in [1.54, 1.807) is 6.20 Å². The molecule has 1 aliphatic rings. The predicted molar refractivity (Wildman–Crippen MR) is 231 cm³/mol. The first-order chi connectivity index (χ1) is 27.7. The smallest absolute Gasteiger partial charge is 0.263 e. The molecule has 56 heavy (non-hydrogen) atoms. The van der Waals surface area contributed by atoms with Gasteiger partial charge in [0.05, 0.1) is 0 Å². The first kappa shape index (κ1) is 32.0. The van der Waals surface area contributed by atoms with Gasteiger partial charge < -0.3 is 9.47 Å². The van der Waals surface area contributed by atoms with E-state index in [0.717, 1.165) is 38.9 Å². The Balaban J connectivity index is 1.02. The fourth-order valence-corrected chi connectivity index (χ4v) is 8.26. The van der Waals surface area contributed by atoms with Crippen molar-refractivity contribution in [3.05, 3.63) is 200 Å². The third-order valence-corrected chi connectivity index (χ3v) is 11.0. The molecule has 3 nitrogen and oxygen atoms in total. The molecule has 0 saturated carbocycles. The molecule has 1 aromatic heterocycles. The molecule has 0 spiro atoms. The van der Waals surface area contributed by atoms with Crippen molar-refractivity contribution in [2.45, 2.75) is 0 Å². The van der Waals surface area contributed by atoms with Crippen LogP contribution in [0.4, 0.5) is 0 Å². The zero-order chi connectivity index (χ0) is 37.0. The van der Waals surface area contributed by atoms with Crippen LogP contribution in [0.3, 0.4) is 0 Å². The predicted octanol–water partition coefficient (Wildman–Crippen LogP) is 14.8. The normalized spacial score (nSPS) is 11.9. The lowest BCUT2D eigenvalue weighted by atomic mass is 9.90. The number of para-hydroxylation sites is 1. The van der Waals surface area contributed by atoms with Crippen LogP contribution in [0.2, 0.25) is 0 Å². The second kappa shape index (κ2) is 13.1. The van der Waals surface area contributed by atoms with Crippen LogP contribution in [-0.2, 0) is 0 Å². The van der Waals surface area contributed by atoms with Crippen LogP contribution in [0.25, 0.3) is 88.0 Å². The first-order valence-corrected chi connectivity index (χ1v) is 18.9. The highest BCUT2D eigenvalue weighted by Gasteiger charge is 2.23. The van der Waals surface area contributed by atoms with Crippen LogP contribution in [0.5, 0.6) is 23.1 Å². The Morgan fingerprint density at radius 3 is 1.46 bits per heavy atom. The number of aromatic nitrogens is 1. The number of hydrogen-bond donors (Lipinski definition) is 0. The van der Waals surface area contributed by atoms with Crippen LogP contribution >= 0.6 is 0 Å². The SMILES string of the molecule is c1ccc(-c2cc(-c3cccc(-c4ccc5c6ccccc6c6ccccc6c5c4)c3)cc(-c3cccc(-c4cccc5c4Oc4cccnc4O5)c3)c2)cc1. The van der Waals surface area contributed by atoms with Crippen LogP contribution < -0.4 is 9.47 Å². The molecule has 3 heteroatoms. The van der Waals surface area contributed by atoms with Gasteiger partial charge in [-0.15, -0.1) is 0 Å². The maximum atomic E-state index is 6.39. The van der Waals surface area contributed by atoms with Crippen molar-refractivity contribution in [2.75, 3.05) is 0 Å². The van der Waals surface area contributed by atoms with Gasteiger partial charge in [0, 0.05) is 11.8 Å². The summed E-state index contributed by atoms with van der Waals surface area (Å²) < 4.78 is 12.5. The van der Waals surface area contributed by atoms with Gasteiger partial charge in [-0.3, -0.25) is 0 Å². The zero-order valence-corrected chi connectivity index (χ0v) is 30.3. The minimum atomic E-state index is 0.475. The number of hydrogen-bond acceptors (Lipinski definition) is 3. The lowest BCUT2D eigenvalue weighted by molar-refractivity contribution is 0.349. The quantitative estimate of drug-likeness (QED) is 0.166. The van der Waals surface area contributed by atoms with Crippen LogP contribution in [0.15, 0.2) is 200 Å². The number of nitrogens with zero attached hydrogens (tertiary/aromatic N) is 1. The second-order valence-electron chi connectivity index (χ2n) is 14.3. The largest absolute Gasteiger partial charge is 0.447 e. The highest BCUT2D eigenvalue weighted by atomic mass is 16.6. The van der Waals surface area contributed by atoms with Gasteiger partial charge in [-0.05, 0) is 137 Å². The van der Waals surface area contributed by atoms with Gasteiger partial charge >= 0.3 is 0 Å². The fourth-order valence-electron chi connectivity index (χ4n) is 8.26. The molecule has 0 radical (unpaired) electrons. The Bertz CT molecular complexity index is 3110. The molecule has 0 atom stereocenters. The summed E-state index contributed by atoms with van der Waals surface area (Å²) in [4.78, 5) is 4.35. The Morgan fingerprint density at radius 1 is 0.286 bits per heavy atom. The molecule has 2 heterocycles. The van der Waals surface area contributed by atoms with Gasteiger partial charge in [-0.25, -0.2) is 4.98 Å². The Kier molecular flexibility index (Phi) is 7.49. The van der Waals surface area contributed by atoms with E-state index in [2.05, 4.69) is 175 Å². The fraction of sp³-hybridized carbons (Fsp3) is 0. The Morgan fingerprint density at radius 2 is 0.768 bits per heavy atom. The van der Waals surface area contributed by atoms with E-state index in [-0.39, 0.29) is 0 Å². The molecule has 0 fully saturated rings. The van der Waals surface area contributed by atoms with Crippen LogP contribution in [0, 0.1) is 0 Å². The summed E-state index contributed by atoms with van der Waals surface area (Å²) in [5.74, 6) is 2.43. The monoisotopic (exact) mass is 715 g/mol. The maximum absolute atomic E-state index is 6.39. The van der Waals surface area contributed by atoms with Crippen molar-refractivity contribution in [2.24, 2.45) is 0 Å². The molecule has 11 rings (SSSR count). The van der Waals surface area contributed by atoms with Gasteiger partial charge in [0.25, 0.3) is 5.88 Å². The Labute approximate surface area is 324 Å². The van der Waals surface area contributed by atoms with Gasteiger partial charge in [-0.2, -0.15) is 0 Å². The molecule has 0 amide bonds. The molecule has 0 saturated heterocycles. The van der Waals surface area contributed by atoms with Crippen molar-refractivity contribution in [3.8, 4) is 78.8 Å². The van der Waals surface area contributed by atoms with E-state index in [4.69, 9.17) is 9.47 Å². The second-order valence-corrected chi connectivity index (χ2v) is 14.3. The van der Waals surface area contributed by atoms with Crippen molar-refractivity contribution in [1.82, 2.24) is 4.98 Å². The van der Waals surface area contributed by atoms with E-state index >= 15 is 0 Å². The third kappa shape index (κ3) is 5.49. The molecule has 262 valence electrons. The lowest BCUT2D eigenvalue weighted by Gasteiger charge is -2.22. The first-order valence-electron chi connectivity index (χ1n) is 18.9. The topological polar surface area (TPSA) is 31.4 Å². The molecular formula is C53H33NO2. The zero-order valence-electron chi connectivity index (χ0n) is 30.3. The van der Waals surface area contributed by atoms with Crippen molar-refractivity contribution in [1.29, 1.82) is 0 Å². The van der Waals surface area contributed by atoms with Crippen molar-refractivity contribution in [3.63, 3.8) is 0 Å². The molecule has 0 bridgehead atoms. The third-order valence-electron chi connectivity index (χ3n) is 11.0. The van der Waals surface area contributed by atoms with E-state index in [9.17, 15) is 0 Å². The lowest BCUT2D eigenvalue weighted by Crippen LogP contribution is -2.01. The molecule has 10 aromatic rings. The summed E-state index contributed by atoms with van der Waals surface area (Å²) in [6.45, 7) is 0. The number of fused-ring (bicyclic) bond motifs is 8. The molecular weight excluding hydrogens is 683 g/mol. The van der Waals surface area contributed by atoms with E-state index < -0.39 is 0 Å². The molecule has 0 aliphatic carbocycles. The van der Waals surface area contributed by atoms with E-state index in [1.165, 1.54) is 49.0 Å². The maximum Gasteiger partial charge on any atom is 0.263 e. The van der Waals surface area contributed by atoms with Gasteiger partial charge in [-0.1, -0.05) is 140 Å². The summed E-state index contributed by atoms with van der Waals surface area (Å²) in [6, 6.07) is 69.3. The molecule has 1 aliphatic heterocycles. The van der Waals surface area contributed by atoms with Gasteiger partial charge in [0.1, 0.15) is 0 Å². The standard InChI is InChI=1S/C53H33NO2/c1-2-12-34(13-3-1)40-30-41(32-42(31-40)37-16-9-17-39(29-37)43-22-10-23-50-52(43)55-51-24-11-27-54-53(51)56-50)36-15-8-14-35(28-36)38-25-26-48-46-20-5-4-18-44(46)45-19-6-7-21-47(45)49(48)33-38/h1-33H. The number of ether oxygens (including phenoxy) is 2. The van der Waals surface area contributed by atoms with Crippen molar-refractivity contribution >= 4 is 32.3 Å². The summed E-state index contributed by atoms with van der Waals surface area (Å²) in [5, 5.41) is 7.68. The average molecular weight is 716 g/mol. The number of pyridine rings is 1. The highest BCUT2D eigenvalue weighted by molar-refractivity contribution is 6.25. The minimum Gasteiger partial charge on any atom is -0.447 e. The number of benzene rings is 9. The van der Waals surface area contributed by atoms with Crippen LogP contribution in [0.1, 0.15) is 0 Å².